The van der Waals surface area contributed by atoms with Crippen LogP contribution in [0.3, 0.4) is 0 Å². The third kappa shape index (κ3) is 6.31. The van der Waals surface area contributed by atoms with E-state index in [9.17, 15) is 17.6 Å². The summed E-state index contributed by atoms with van der Waals surface area (Å²) < 4.78 is 55.7. The molecular formula is C29H25ClF4N2. The number of nitrogens with zero attached hydrogens (tertiary/aromatic N) is 1. The van der Waals surface area contributed by atoms with Crippen LogP contribution in [-0.4, -0.2) is 11.5 Å². The summed E-state index contributed by atoms with van der Waals surface area (Å²) in [7, 11) is 0. The Balaban J connectivity index is 1.80. The summed E-state index contributed by atoms with van der Waals surface area (Å²) in [5.74, 6) is -0.961. The molecule has 0 fully saturated rings. The van der Waals surface area contributed by atoms with Crippen LogP contribution in [0, 0.1) is 5.82 Å². The maximum atomic E-state index is 14.6. The maximum Gasteiger partial charge on any atom is 0.416 e. The largest absolute Gasteiger partial charge is 0.416 e. The molecule has 0 saturated carbocycles. The second kappa shape index (κ2) is 11.2. The fourth-order valence-electron chi connectivity index (χ4n) is 4.36. The smallest absolute Gasteiger partial charge is 0.302 e. The molecule has 7 heteroatoms. The molecule has 4 aromatic rings. The molecule has 2 nitrogen and oxygen atoms in total. The van der Waals surface area contributed by atoms with Gasteiger partial charge < -0.3 is 5.32 Å². The summed E-state index contributed by atoms with van der Waals surface area (Å²) in [5, 5.41) is 3.87. The molecule has 0 bridgehead atoms. The van der Waals surface area contributed by atoms with E-state index in [1.165, 1.54) is 6.20 Å². The minimum Gasteiger partial charge on any atom is -0.302 e. The van der Waals surface area contributed by atoms with Gasteiger partial charge in [-0.3, -0.25) is 4.98 Å². The molecule has 0 aliphatic rings. The first kappa shape index (κ1) is 25.9. The first-order valence-corrected chi connectivity index (χ1v) is 12.0. The highest BCUT2D eigenvalue weighted by Crippen LogP contribution is 2.37. The normalized spacial score (nSPS) is 13.4. The molecule has 0 aliphatic carbocycles. The van der Waals surface area contributed by atoms with Gasteiger partial charge in [-0.1, -0.05) is 72.3 Å². The molecule has 3 aromatic carbocycles. The van der Waals surface area contributed by atoms with Crippen LogP contribution < -0.4 is 5.32 Å². The summed E-state index contributed by atoms with van der Waals surface area (Å²) in [6.07, 6.45) is -1.49. The minimum absolute atomic E-state index is 0.146. The van der Waals surface area contributed by atoms with E-state index in [2.05, 4.69) is 10.3 Å². The number of pyridine rings is 1. The van der Waals surface area contributed by atoms with Crippen LogP contribution in [0.25, 0.3) is 0 Å². The van der Waals surface area contributed by atoms with E-state index in [0.29, 0.717) is 23.3 Å². The van der Waals surface area contributed by atoms with E-state index >= 15 is 0 Å². The van der Waals surface area contributed by atoms with Gasteiger partial charge in [0.1, 0.15) is 5.82 Å². The van der Waals surface area contributed by atoms with Gasteiger partial charge in [-0.2, -0.15) is 13.2 Å². The number of nitrogens with one attached hydrogen (secondary N) is 1. The zero-order valence-electron chi connectivity index (χ0n) is 19.4. The lowest BCUT2D eigenvalue weighted by molar-refractivity contribution is -0.137. The molecule has 0 radical (unpaired) electrons. The number of alkyl halides is 3. The van der Waals surface area contributed by atoms with Crippen LogP contribution >= 0.6 is 11.6 Å². The lowest BCUT2D eigenvalue weighted by atomic mass is 9.79. The molecule has 0 amide bonds. The number of rotatable bonds is 9. The van der Waals surface area contributed by atoms with Gasteiger partial charge in [-0.05, 0) is 66.4 Å². The van der Waals surface area contributed by atoms with Crippen LogP contribution in [0.15, 0.2) is 97.2 Å². The molecule has 186 valence electrons. The van der Waals surface area contributed by atoms with Gasteiger partial charge in [-0.15, -0.1) is 0 Å². The van der Waals surface area contributed by atoms with E-state index in [1.54, 1.807) is 12.1 Å². The highest BCUT2D eigenvalue weighted by atomic mass is 35.5. The van der Waals surface area contributed by atoms with Crippen molar-refractivity contribution in [2.45, 2.75) is 31.0 Å². The van der Waals surface area contributed by atoms with Crippen molar-refractivity contribution in [2.75, 3.05) is 6.54 Å². The topological polar surface area (TPSA) is 24.9 Å². The van der Waals surface area contributed by atoms with Crippen molar-refractivity contribution in [1.82, 2.24) is 10.3 Å². The number of halogens is 5. The molecule has 0 saturated heterocycles. The Bertz CT molecular complexity index is 1260. The first-order valence-electron chi connectivity index (χ1n) is 11.6. The fourth-order valence-corrected chi connectivity index (χ4v) is 4.48. The molecule has 1 heterocycles. The molecule has 1 N–H and O–H groups in total. The highest BCUT2D eigenvalue weighted by Gasteiger charge is 2.39. The van der Waals surface area contributed by atoms with Crippen LogP contribution in [0.5, 0.6) is 0 Å². The zero-order chi connectivity index (χ0) is 25.6. The van der Waals surface area contributed by atoms with E-state index in [4.69, 9.17) is 11.6 Å². The number of hydrogen-bond donors (Lipinski definition) is 1. The summed E-state index contributed by atoms with van der Waals surface area (Å²) in [6.45, 7) is 0.462. The Kier molecular flexibility index (Phi) is 8.07. The van der Waals surface area contributed by atoms with Crippen molar-refractivity contribution in [3.05, 3.63) is 136 Å². The van der Waals surface area contributed by atoms with Crippen molar-refractivity contribution < 1.29 is 17.6 Å². The Morgan fingerprint density at radius 2 is 1.42 bits per heavy atom. The van der Waals surface area contributed by atoms with Gasteiger partial charge >= 0.3 is 6.18 Å². The highest BCUT2D eigenvalue weighted by molar-refractivity contribution is 6.30. The van der Waals surface area contributed by atoms with Gasteiger partial charge in [0, 0.05) is 12.6 Å². The molecule has 0 spiro atoms. The first-order chi connectivity index (χ1) is 17.3. The third-order valence-corrected chi connectivity index (χ3v) is 6.33. The zero-order valence-corrected chi connectivity index (χ0v) is 20.2. The van der Waals surface area contributed by atoms with E-state index in [-0.39, 0.29) is 12.0 Å². The van der Waals surface area contributed by atoms with Crippen LogP contribution in [0.4, 0.5) is 17.6 Å². The second-order valence-corrected chi connectivity index (χ2v) is 9.11. The van der Waals surface area contributed by atoms with Gasteiger partial charge in [0.05, 0.1) is 21.8 Å². The summed E-state index contributed by atoms with van der Waals surface area (Å²) >= 11 is 6.08. The summed E-state index contributed by atoms with van der Waals surface area (Å²) in [5.41, 5.74) is 0.341. The average Bonchev–Trinajstić information content (AvgIpc) is 2.87. The Morgan fingerprint density at radius 3 is 2.03 bits per heavy atom. The quantitative estimate of drug-likeness (QED) is 0.184. The Labute approximate surface area is 213 Å². The summed E-state index contributed by atoms with van der Waals surface area (Å²) in [6, 6.07) is 25.3. The molecule has 0 aliphatic heterocycles. The van der Waals surface area contributed by atoms with Crippen molar-refractivity contribution in [1.29, 1.82) is 0 Å². The van der Waals surface area contributed by atoms with E-state index in [1.807, 2.05) is 60.7 Å². The molecule has 1 atom stereocenters. The molecule has 36 heavy (non-hydrogen) atoms. The predicted molar refractivity (Wildman–Crippen MR) is 134 cm³/mol. The average molecular weight is 513 g/mol. The summed E-state index contributed by atoms with van der Waals surface area (Å²) in [4.78, 5) is 4.48. The Hall–Kier alpha value is -3.22. The molecular weight excluding hydrogens is 488 g/mol. The van der Waals surface area contributed by atoms with E-state index in [0.717, 1.165) is 36.1 Å². The van der Waals surface area contributed by atoms with Crippen molar-refractivity contribution >= 4 is 11.6 Å². The van der Waals surface area contributed by atoms with Crippen molar-refractivity contribution in [2.24, 2.45) is 0 Å². The molecule has 4 rings (SSSR count). The van der Waals surface area contributed by atoms with Gasteiger partial charge in [0.2, 0.25) is 0 Å². The number of aromatic nitrogens is 1. The Morgan fingerprint density at radius 1 is 0.778 bits per heavy atom. The minimum atomic E-state index is -4.70. The van der Waals surface area contributed by atoms with Gasteiger partial charge in [0.15, 0.2) is 0 Å². The SMILES string of the molecule is Fc1cc(C(F)(F)F)cc([C@](Cc2ccccc2)(NCCCc2ccccc2)c2ccc(Cl)cn2)c1. The monoisotopic (exact) mass is 512 g/mol. The predicted octanol–water partition coefficient (Wildman–Crippen LogP) is 7.60. The van der Waals surface area contributed by atoms with E-state index < -0.39 is 23.1 Å². The standard InChI is InChI=1S/C29H25ClF4N2/c30-25-13-14-27(35-20-25)28(19-22-10-5-2-6-11-22,36-15-7-12-21-8-3-1-4-9-21)23-16-24(29(32,33)34)18-26(31)17-23/h1-6,8-11,13-14,16-18,20,36H,7,12,15,19H2/t28-/m0/s1. The molecule has 0 unspecified atom stereocenters. The molecule has 1 aromatic heterocycles. The van der Waals surface area contributed by atoms with Gasteiger partial charge in [-0.25, -0.2) is 4.39 Å². The fraction of sp³-hybridized carbons (Fsp3) is 0.207. The van der Waals surface area contributed by atoms with Crippen LogP contribution in [-0.2, 0) is 24.6 Å². The van der Waals surface area contributed by atoms with Crippen LogP contribution in [0.1, 0.15) is 34.4 Å². The van der Waals surface area contributed by atoms with Gasteiger partial charge in [0.25, 0.3) is 0 Å². The third-order valence-electron chi connectivity index (χ3n) is 6.11. The van der Waals surface area contributed by atoms with Crippen molar-refractivity contribution in [3.8, 4) is 0 Å². The number of hydrogen-bond acceptors (Lipinski definition) is 2. The second-order valence-electron chi connectivity index (χ2n) is 8.67. The lowest BCUT2D eigenvalue weighted by Gasteiger charge is -2.36. The number of benzene rings is 3. The maximum absolute atomic E-state index is 14.6. The van der Waals surface area contributed by atoms with Crippen LogP contribution in [0.2, 0.25) is 5.02 Å². The van der Waals surface area contributed by atoms with Crippen molar-refractivity contribution in [3.63, 3.8) is 0 Å². The lowest BCUT2D eigenvalue weighted by Crippen LogP contribution is -2.47. The number of aryl methyl sites for hydroxylation is 1.